The summed E-state index contributed by atoms with van der Waals surface area (Å²) >= 11 is 0.975. The molecular weight excluding hydrogens is 665 g/mol. The maximum absolute atomic E-state index is 14.3. The molecule has 2 fully saturated rings. The molecule has 1 aromatic heterocycles. The molecule has 0 saturated carbocycles. The Morgan fingerprint density at radius 2 is 1.65 bits per heavy atom. The van der Waals surface area contributed by atoms with E-state index in [0.717, 1.165) is 35.5 Å². The lowest BCUT2D eigenvalue weighted by atomic mass is 9.85. The highest BCUT2D eigenvalue weighted by Gasteiger charge is 2.50. The van der Waals surface area contributed by atoms with E-state index in [-0.39, 0.29) is 47.6 Å². The average molecular weight is 705 g/mol. The number of hydrogen-bond acceptors (Lipinski definition) is 6. The van der Waals surface area contributed by atoms with Gasteiger partial charge in [-0.2, -0.15) is 8.78 Å². The summed E-state index contributed by atoms with van der Waals surface area (Å²) in [7, 11) is -5.79. The minimum atomic E-state index is -5.79. The molecule has 2 aliphatic rings. The number of halogens is 2. The number of rotatable bonds is 7. The number of nitrogens with one attached hydrogen (secondary N) is 1. The van der Waals surface area contributed by atoms with Crippen LogP contribution in [0.25, 0.3) is 10.1 Å². The Kier molecular flexibility index (Phi) is 9.86. The summed E-state index contributed by atoms with van der Waals surface area (Å²) in [5.74, 6) is -1.47. The van der Waals surface area contributed by atoms with Gasteiger partial charge in [-0.3, -0.25) is 23.7 Å². The topological polar surface area (TPSA) is 148 Å². The molecule has 3 heterocycles. The summed E-state index contributed by atoms with van der Waals surface area (Å²) in [6.07, 6.45) is 0.765. The Morgan fingerprint density at radius 1 is 0.958 bits per heavy atom. The highest BCUT2D eigenvalue weighted by atomic mass is 32.1. The Morgan fingerprint density at radius 3 is 2.27 bits per heavy atom. The fourth-order valence-corrected chi connectivity index (χ4v) is 7.66. The number of thiophene rings is 1. The average Bonchev–Trinajstić information content (AvgIpc) is 3.70. The van der Waals surface area contributed by atoms with Crippen molar-refractivity contribution in [3.8, 4) is 0 Å². The third-order valence-electron chi connectivity index (χ3n) is 9.01. The zero-order chi connectivity index (χ0) is 35.2. The molecule has 5 rings (SSSR count). The monoisotopic (exact) mass is 704 g/mol. The predicted molar refractivity (Wildman–Crippen MR) is 177 cm³/mol. The zero-order valence-corrected chi connectivity index (χ0v) is 28.8. The van der Waals surface area contributed by atoms with Gasteiger partial charge in [0.2, 0.25) is 17.7 Å². The van der Waals surface area contributed by atoms with Gasteiger partial charge in [0.1, 0.15) is 12.1 Å². The second-order valence-corrected chi connectivity index (χ2v) is 16.1. The number of amides is 4. The molecule has 3 N–H and O–H groups in total. The van der Waals surface area contributed by atoms with Crippen LogP contribution in [-0.4, -0.2) is 92.9 Å². The number of benzene rings is 2. The van der Waals surface area contributed by atoms with Gasteiger partial charge in [-0.05, 0) is 41.0 Å². The van der Waals surface area contributed by atoms with Crippen LogP contribution in [0.2, 0.25) is 0 Å². The van der Waals surface area contributed by atoms with Crippen LogP contribution in [0, 0.1) is 5.41 Å². The van der Waals surface area contributed by atoms with Crippen LogP contribution in [0.1, 0.15) is 60.8 Å². The van der Waals surface area contributed by atoms with Gasteiger partial charge in [0, 0.05) is 49.3 Å². The molecule has 3 atom stereocenters. The normalized spacial score (nSPS) is 19.8. The summed E-state index contributed by atoms with van der Waals surface area (Å²) in [5.41, 5.74) is -4.99. The molecule has 2 aliphatic heterocycles. The van der Waals surface area contributed by atoms with Gasteiger partial charge >= 0.3 is 13.3 Å². The van der Waals surface area contributed by atoms with E-state index < -0.39 is 48.1 Å². The van der Waals surface area contributed by atoms with Crippen molar-refractivity contribution in [2.24, 2.45) is 5.41 Å². The van der Waals surface area contributed by atoms with Crippen molar-refractivity contribution < 1.29 is 42.3 Å². The Hall–Kier alpha value is -3.71. The smallest absolute Gasteiger partial charge is 0.340 e. The first-order valence-electron chi connectivity index (χ1n) is 15.6. The van der Waals surface area contributed by atoms with E-state index in [9.17, 15) is 32.5 Å². The SMILES string of the molecule is CC(=O)N1CCN(C(=O)[C@@H](NC(=O)c2cc3cc(C(F)(F)P(=O)(O)O)ccc3s2)C(C)(C)C)[C@H](C(=O)N2CC[C@H](c3ccccc3)C2)C1. The van der Waals surface area contributed by atoms with Crippen LogP contribution in [0.3, 0.4) is 0 Å². The van der Waals surface area contributed by atoms with E-state index in [0.29, 0.717) is 17.8 Å². The molecule has 11 nitrogen and oxygen atoms in total. The molecule has 48 heavy (non-hydrogen) atoms. The van der Waals surface area contributed by atoms with Crippen LogP contribution in [0.5, 0.6) is 0 Å². The lowest BCUT2D eigenvalue weighted by Gasteiger charge is -2.44. The van der Waals surface area contributed by atoms with Gasteiger partial charge < -0.3 is 29.8 Å². The minimum absolute atomic E-state index is 0.0229. The van der Waals surface area contributed by atoms with Gasteiger partial charge in [-0.15, -0.1) is 11.3 Å². The second-order valence-electron chi connectivity index (χ2n) is 13.4. The van der Waals surface area contributed by atoms with Gasteiger partial charge in [0.15, 0.2) is 0 Å². The van der Waals surface area contributed by atoms with Crippen molar-refractivity contribution in [2.75, 3.05) is 32.7 Å². The Bertz CT molecular complexity index is 1770. The Labute approximate surface area is 281 Å². The van der Waals surface area contributed by atoms with Crippen LogP contribution in [-0.2, 0) is 24.6 Å². The first kappa shape index (κ1) is 35.6. The van der Waals surface area contributed by atoms with Gasteiger partial charge in [-0.1, -0.05) is 57.2 Å². The number of piperazine rings is 1. The molecule has 3 aromatic rings. The van der Waals surface area contributed by atoms with Crippen LogP contribution < -0.4 is 5.32 Å². The van der Waals surface area contributed by atoms with Crippen LogP contribution >= 0.6 is 18.9 Å². The van der Waals surface area contributed by atoms with E-state index >= 15 is 0 Å². The molecule has 4 amide bonds. The molecule has 0 spiro atoms. The standard InChI is InChI=1S/C33H39F2N4O7PS/c1-20(40)37-14-15-39(25(19-37)30(42)38-13-12-22(18-38)21-8-6-5-7-9-21)31(43)28(32(2,3)4)36-29(41)27-17-23-16-24(10-11-26(23)48-27)33(34,35)47(44,45)46/h5-11,16-17,22,25,28H,12-15,18-19H2,1-4H3,(H,36,41)(H2,44,45,46)/t22-,25-,28+/m0/s1. The van der Waals surface area contributed by atoms with E-state index in [1.807, 2.05) is 30.3 Å². The third-order valence-corrected chi connectivity index (χ3v) is 11.1. The number of nitrogens with zero attached hydrogens (tertiary/aromatic N) is 3. The number of hydrogen-bond donors (Lipinski definition) is 3. The first-order valence-corrected chi connectivity index (χ1v) is 18.0. The molecule has 15 heteroatoms. The van der Waals surface area contributed by atoms with Crippen LogP contribution in [0.15, 0.2) is 54.6 Å². The van der Waals surface area contributed by atoms with Crippen molar-refractivity contribution in [1.82, 2.24) is 20.0 Å². The molecule has 0 aliphatic carbocycles. The molecule has 2 aromatic carbocycles. The van der Waals surface area contributed by atoms with Gasteiger partial charge in [0.25, 0.3) is 5.91 Å². The van der Waals surface area contributed by atoms with Crippen molar-refractivity contribution in [3.05, 3.63) is 70.6 Å². The molecular formula is C33H39F2N4O7PS. The van der Waals surface area contributed by atoms with E-state index in [2.05, 4.69) is 5.32 Å². The van der Waals surface area contributed by atoms with Crippen LogP contribution in [0.4, 0.5) is 8.78 Å². The van der Waals surface area contributed by atoms with Crippen molar-refractivity contribution in [1.29, 1.82) is 0 Å². The number of carbonyl (C=O) groups is 4. The minimum Gasteiger partial charge on any atom is -0.340 e. The molecule has 0 radical (unpaired) electrons. The lowest BCUT2D eigenvalue weighted by Crippen LogP contribution is -2.65. The number of fused-ring (bicyclic) bond motifs is 1. The molecule has 2 saturated heterocycles. The number of likely N-dealkylation sites (tertiary alicyclic amines) is 1. The molecule has 258 valence electrons. The number of alkyl halides is 2. The second kappa shape index (κ2) is 13.3. The number of carbonyl (C=O) groups excluding carboxylic acids is 4. The lowest BCUT2D eigenvalue weighted by molar-refractivity contribution is -0.154. The maximum Gasteiger partial charge on any atom is 0.399 e. The zero-order valence-electron chi connectivity index (χ0n) is 27.1. The molecule has 0 bridgehead atoms. The fraction of sp³-hybridized carbons (Fsp3) is 0.455. The van der Waals surface area contributed by atoms with Crippen molar-refractivity contribution >= 4 is 52.6 Å². The summed E-state index contributed by atoms with van der Waals surface area (Å²) in [5, 5.41) is 2.97. The quantitative estimate of drug-likeness (QED) is 0.310. The largest absolute Gasteiger partial charge is 0.399 e. The summed E-state index contributed by atoms with van der Waals surface area (Å²) in [4.78, 5) is 77.4. The fourth-order valence-electron chi connectivity index (χ4n) is 6.24. The van der Waals surface area contributed by atoms with Crippen molar-refractivity contribution in [2.45, 2.75) is 57.8 Å². The van der Waals surface area contributed by atoms with Gasteiger partial charge in [-0.25, -0.2) is 0 Å². The molecule has 0 unspecified atom stereocenters. The first-order chi connectivity index (χ1) is 22.4. The summed E-state index contributed by atoms with van der Waals surface area (Å²) in [6, 6.07) is 12.3. The van der Waals surface area contributed by atoms with Gasteiger partial charge in [0.05, 0.1) is 11.4 Å². The highest BCUT2D eigenvalue weighted by molar-refractivity contribution is 7.52. The van der Waals surface area contributed by atoms with E-state index in [1.165, 1.54) is 24.0 Å². The van der Waals surface area contributed by atoms with E-state index in [1.54, 1.807) is 30.6 Å². The summed E-state index contributed by atoms with van der Waals surface area (Å²) < 4.78 is 40.5. The van der Waals surface area contributed by atoms with E-state index in [4.69, 9.17) is 9.79 Å². The van der Waals surface area contributed by atoms with Crippen molar-refractivity contribution in [3.63, 3.8) is 0 Å². The maximum atomic E-state index is 14.3. The third kappa shape index (κ3) is 7.17. The summed E-state index contributed by atoms with van der Waals surface area (Å²) in [6.45, 7) is 8.04. The predicted octanol–water partition coefficient (Wildman–Crippen LogP) is 4.35. The highest BCUT2D eigenvalue weighted by Crippen LogP contribution is 2.59. The Balaban J connectivity index is 1.38.